The molecule has 0 N–H and O–H groups in total. The zero-order chi connectivity index (χ0) is 19.5. The van der Waals surface area contributed by atoms with Gasteiger partial charge in [0.15, 0.2) is 0 Å². The van der Waals surface area contributed by atoms with Gasteiger partial charge in [0, 0.05) is 37.8 Å². The van der Waals surface area contributed by atoms with Crippen LogP contribution in [0.1, 0.15) is 35.2 Å². The Labute approximate surface area is 164 Å². The first kappa shape index (κ1) is 18.3. The number of amides is 1. The topological polar surface area (TPSA) is 53.8 Å². The SMILES string of the molecule is CN(Cc1ccc(N2CCCCC2)cc1)C(=O)c1cc2ccccc2oc1=O. The highest BCUT2D eigenvalue weighted by molar-refractivity contribution is 5.96. The summed E-state index contributed by atoms with van der Waals surface area (Å²) in [6, 6.07) is 17.1. The first-order chi connectivity index (χ1) is 13.6. The summed E-state index contributed by atoms with van der Waals surface area (Å²) in [4.78, 5) is 29.0. The molecule has 4 rings (SSSR count). The lowest BCUT2D eigenvalue weighted by molar-refractivity contribution is 0.0781. The van der Waals surface area contributed by atoms with Crippen LogP contribution in [0.25, 0.3) is 11.0 Å². The van der Waals surface area contributed by atoms with E-state index in [1.54, 1.807) is 30.1 Å². The van der Waals surface area contributed by atoms with Gasteiger partial charge >= 0.3 is 5.63 Å². The molecule has 0 atom stereocenters. The van der Waals surface area contributed by atoms with Crippen molar-refractivity contribution in [1.29, 1.82) is 0 Å². The fourth-order valence-electron chi connectivity index (χ4n) is 3.73. The first-order valence-electron chi connectivity index (χ1n) is 9.74. The molecule has 144 valence electrons. The van der Waals surface area contributed by atoms with Crippen molar-refractivity contribution in [3.05, 3.63) is 76.1 Å². The lowest BCUT2D eigenvalue weighted by Gasteiger charge is -2.29. The largest absolute Gasteiger partial charge is 0.422 e. The second kappa shape index (κ2) is 7.89. The summed E-state index contributed by atoms with van der Waals surface area (Å²) in [6.07, 6.45) is 3.80. The Morgan fingerprint density at radius 2 is 1.75 bits per heavy atom. The molecule has 1 fully saturated rings. The molecular formula is C23H24N2O3. The highest BCUT2D eigenvalue weighted by Crippen LogP contribution is 2.21. The van der Waals surface area contributed by atoms with E-state index in [4.69, 9.17) is 4.42 Å². The molecule has 1 aliphatic rings. The maximum absolute atomic E-state index is 12.8. The average Bonchev–Trinajstić information content (AvgIpc) is 2.74. The molecule has 0 aliphatic carbocycles. The highest BCUT2D eigenvalue weighted by atomic mass is 16.4. The van der Waals surface area contributed by atoms with E-state index in [0.29, 0.717) is 12.1 Å². The van der Waals surface area contributed by atoms with Crippen LogP contribution < -0.4 is 10.5 Å². The van der Waals surface area contributed by atoms with E-state index >= 15 is 0 Å². The van der Waals surface area contributed by atoms with Crippen LogP contribution in [0, 0.1) is 0 Å². The highest BCUT2D eigenvalue weighted by Gasteiger charge is 2.18. The number of benzene rings is 2. The van der Waals surface area contributed by atoms with Crippen molar-refractivity contribution in [2.24, 2.45) is 0 Å². The van der Waals surface area contributed by atoms with Gasteiger partial charge in [0.25, 0.3) is 5.91 Å². The summed E-state index contributed by atoms with van der Waals surface area (Å²) in [6.45, 7) is 2.65. The Morgan fingerprint density at radius 1 is 1.04 bits per heavy atom. The summed E-state index contributed by atoms with van der Waals surface area (Å²) in [5.41, 5.74) is 2.21. The van der Waals surface area contributed by atoms with E-state index in [1.165, 1.54) is 24.9 Å². The van der Waals surface area contributed by atoms with Crippen LogP contribution in [-0.2, 0) is 6.54 Å². The van der Waals surface area contributed by atoms with Gasteiger partial charge in [-0.3, -0.25) is 4.79 Å². The minimum atomic E-state index is -0.601. The molecule has 2 aromatic carbocycles. The van der Waals surface area contributed by atoms with Gasteiger partial charge in [-0.1, -0.05) is 30.3 Å². The number of anilines is 1. The second-order valence-electron chi connectivity index (χ2n) is 7.36. The maximum atomic E-state index is 12.8. The summed E-state index contributed by atoms with van der Waals surface area (Å²) < 4.78 is 5.29. The van der Waals surface area contributed by atoms with Crippen molar-refractivity contribution in [2.75, 3.05) is 25.0 Å². The molecule has 0 radical (unpaired) electrons. The average molecular weight is 376 g/mol. The molecule has 0 spiro atoms. The molecule has 2 heterocycles. The van der Waals surface area contributed by atoms with Gasteiger partial charge in [-0.05, 0) is 49.1 Å². The lowest BCUT2D eigenvalue weighted by atomic mass is 10.1. The van der Waals surface area contributed by atoms with Gasteiger partial charge in [0.05, 0.1) is 0 Å². The van der Waals surface area contributed by atoms with E-state index in [2.05, 4.69) is 29.2 Å². The summed E-state index contributed by atoms with van der Waals surface area (Å²) >= 11 is 0. The molecule has 0 saturated carbocycles. The molecule has 5 nitrogen and oxygen atoms in total. The van der Waals surface area contributed by atoms with Crippen LogP contribution >= 0.6 is 0 Å². The van der Waals surface area contributed by atoms with Gasteiger partial charge in [0.1, 0.15) is 11.1 Å². The third kappa shape index (κ3) is 3.79. The molecule has 28 heavy (non-hydrogen) atoms. The third-order valence-electron chi connectivity index (χ3n) is 5.30. The van der Waals surface area contributed by atoms with Gasteiger partial charge in [-0.2, -0.15) is 0 Å². The van der Waals surface area contributed by atoms with Crippen LogP contribution in [0.4, 0.5) is 5.69 Å². The van der Waals surface area contributed by atoms with Crippen LogP contribution in [0.2, 0.25) is 0 Å². The molecule has 1 aliphatic heterocycles. The standard InChI is InChI=1S/C23H24N2O3/c1-24(16-17-9-11-19(12-10-17)25-13-5-2-6-14-25)22(26)20-15-18-7-3-4-8-21(18)28-23(20)27/h3-4,7-12,15H,2,5-6,13-14,16H2,1H3. The molecule has 0 unspecified atom stereocenters. The Hall–Kier alpha value is -3.08. The smallest absolute Gasteiger partial charge is 0.349 e. The zero-order valence-corrected chi connectivity index (χ0v) is 16.1. The first-order valence-corrected chi connectivity index (χ1v) is 9.74. The van der Waals surface area contributed by atoms with E-state index in [1.807, 2.05) is 12.1 Å². The summed E-state index contributed by atoms with van der Waals surface area (Å²) in [5.74, 6) is -0.334. The van der Waals surface area contributed by atoms with Crippen LogP contribution in [0.15, 0.2) is 63.8 Å². The fraction of sp³-hybridized carbons (Fsp3) is 0.304. The second-order valence-corrected chi connectivity index (χ2v) is 7.36. The predicted octanol–water partition coefficient (Wildman–Crippen LogP) is 4.06. The lowest BCUT2D eigenvalue weighted by Crippen LogP contribution is -2.30. The number of hydrogen-bond donors (Lipinski definition) is 0. The summed E-state index contributed by atoms with van der Waals surface area (Å²) in [5, 5.41) is 0.740. The minimum absolute atomic E-state index is 0.0612. The van der Waals surface area contributed by atoms with Crippen LogP contribution in [0.3, 0.4) is 0 Å². The molecule has 3 aromatic rings. The monoisotopic (exact) mass is 376 g/mol. The number of fused-ring (bicyclic) bond motifs is 1. The maximum Gasteiger partial charge on any atom is 0.349 e. The minimum Gasteiger partial charge on any atom is -0.422 e. The van der Waals surface area contributed by atoms with Crippen molar-refractivity contribution in [3.8, 4) is 0 Å². The number of rotatable bonds is 4. The Balaban J connectivity index is 1.48. The number of nitrogens with zero attached hydrogens (tertiary/aromatic N) is 2. The van der Waals surface area contributed by atoms with E-state index in [9.17, 15) is 9.59 Å². The van der Waals surface area contributed by atoms with Crippen molar-refractivity contribution >= 4 is 22.6 Å². The zero-order valence-electron chi connectivity index (χ0n) is 16.1. The number of carbonyl (C=O) groups is 1. The summed E-state index contributed by atoms with van der Waals surface area (Å²) in [7, 11) is 1.70. The van der Waals surface area contributed by atoms with Gasteiger partial charge in [-0.25, -0.2) is 4.79 Å². The normalized spacial score (nSPS) is 14.2. The van der Waals surface area contributed by atoms with Gasteiger partial charge in [0.2, 0.25) is 0 Å². The predicted molar refractivity (Wildman–Crippen MR) is 111 cm³/mol. The Bertz CT molecular complexity index is 1030. The molecule has 1 aromatic heterocycles. The quantitative estimate of drug-likeness (QED) is 0.645. The van der Waals surface area contributed by atoms with Gasteiger partial charge < -0.3 is 14.2 Å². The molecular weight excluding hydrogens is 352 g/mol. The van der Waals surface area contributed by atoms with Crippen LogP contribution in [0.5, 0.6) is 0 Å². The van der Waals surface area contributed by atoms with Crippen molar-refractivity contribution in [3.63, 3.8) is 0 Å². The van der Waals surface area contributed by atoms with Crippen LogP contribution in [-0.4, -0.2) is 30.9 Å². The van der Waals surface area contributed by atoms with E-state index in [-0.39, 0.29) is 11.5 Å². The molecule has 0 bridgehead atoms. The van der Waals surface area contributed by atoms with E-state index < -0.39 is 5.63 Å². The van der Waals surface area contributed by atoms with Gasteiger partial charge in [-0.15, -0.1) is 0 Å². The number of piperidine rings is 1. The molecule has 1 saturated heterocycles. The molecule has 5 heteroatoms. The third-order valence-corrected chi connectivity index (χ3v) is 5.30. The van der Waals surface area contributed by atoms with E-state index in [0.717, 1.165) is 24.0 Å². The number of hydrogen-bond acceptors (Lipinski definition) is 4. The number of carbonyl (C=O) groups excluding carboxylic acids is 1. The van der Waals surface area contributed by atoms with Crippen molar-refractivity contribution in [2.45, 2.75) is 25.8 Å². The van der Waals surface area contributed by atoms with Crippen molar-refractivity contribution < 1.29 is 9.21 Å². The Kier molecular flexibility index (Phi) is 5.15. The fourth-order valence-corrected chi connectivity index (χ4v) is 3.73. The molecule has 1 amide bonds. The van der Waals surface area contributed by atoms with Crippen molar-refractivity contribution in [1.82, 2.24) is 4.90 Å². The number of para-hydroxylation sites is 1. The Morgan fingerprint density at radius 3 is 2.50 bits per heavy atom.